The standard InChI is InChI=1S/C49H53F2N9O5/c50-34-21-32(22-35(51)25-34)20-30-4-8-42-41(23-30)46(56-55-42)54-47(62)39-7-6-37(26-43(39)52-36-11-18-65-19-12-36)58-14-16-59(17-15-58)38-2-1-13-57(29-38)27-31-3-5-33-28-60(49(64)40(33)24-31)44-9-10-45(61)53-48(44)63/h3-8,21-26,36,38,44,52H,1-2,9-20,27-29H2,(H,53,61,63)(H2,54,55,56,62). The van der Waals surface area contributed by atoms with E-state index in [1.165, 1.54) is 12.1 Å². The zero-order valence-electron chi connectivity index (χ0n) is 36.2. The maximum atomic E-state index is 14.1. The van der Waals surface area contributed by atoms with Crippen LogP contribution in [0.3, 0.4) is 0 Å². The van der Waals surface area contributed by atoms with Gasteiger partial charge in [0.05, 0.1) is 11.1 Å². The van der Waals surface area contributed by atoms with Gasteiger partial charge in [-0.15, -0.1) is 0 Å². The molecule has 14 nitrogen and oxygen atoms in total. The van der Waals surface area contributed by atoms with Gasteiger partial charge >= 0.3 is 0 Å². The molecule has 0 radical (unpaired) electrons. The summed E-state index contributed by atoms with van der Waals surface area (Å²) in [6.07, 6.45) is 4.78. The van der Waals surface area contributed by atoms with Gasteiger partial charge in [-0.05, 0) is 116 Å². The Bertz CT molecular complexity index is 2620. The van der Waals surface area contributed by atoms with Crippen LogP contribution in [-0.2, 0) is 33.8 Å². The highest BCUT2D eigenvalue weighted by atomic mass is 19.1. The number of piperidine rings is 2. The van der Waals surface area contributed by atoms with Crippen molar-refractivity contribution in [3.8, 4) is 0 Å². The normalized spacial score (nSPS) is 21.2. The summed E-state index contributed by atoms with van der Waals surface area (Å²) >= 11 is 0. The maximum Gasteiger partial charge on any atom is 0.258 e. The fraction of sp³-hybridized carbons (Fsp3) is 0.408. The van der Waals surface area contributed by atoms with Crippen LogP contribution in [0.5, 0.6) is 0 Å². The number of hydrogen-bond donors (Lipinski definition) is 4. The highest BCUT2D eigenvalue weighted by Crippen LogP contribution is 2.32. The number of nitrogens with one attached hydrogen (secondary N) is 4. The number of aromatic amines is 1. The number of aromatic nitrogens is 2. The third-order valence-corrected chi connectivity index (χ3v) is 13.7. The number of nitrogens with zero attached hydrogens (tertiary/aromatic N) is 5. The molecule has 0 bridgehead atoms. The second-order valence-electron chi connectivity index (χ2n) is 18.1. The largest absolute Gasteiger partial charge is 0.381 e. The van der Waals surface area contributed by atoms with Crippen LogP contribution in [0.1, 0.15) is 81.5 Å². The van der Waals surface area contributed by atoms with Crippen molar-refractivity contribution >= 4 is 51.7 Å². The molecule has 4 aromatic carbocycles. The molecule has 2 unspecified atom stereocenters. The summed E-state index contributed by atoms with van der Waals surface area (Å²) in [6, 6.07) is 21.1. The van der Waals surface area contributed by atoms with E-state index >= 15 is 0 Å². The Balaban J connectivity index is 0.781. The third kappa shape index (κ3) is 9.33. The number of hydrogen-bond acceptors (Lipinski definition) is 10. The molecule has 1 aromatic heterocycles. The molecule has 2 atom stereocenters. The van der Waals surface area contributed by atoms with E-state index < -0.39 is 23.6 Å². The summed E-state index contributed by atoms with van der Waals surface area (Å²) in [5.41, 5.74) is 7.01. The minimum Gasteiger partial charge on any atom is -0.381 e. The highest BCUT2D eigenvalue weighted by molar-refractivity contribution is 6.11. The molecule has 0 aliphatic carbocycles. The predicted molar refractivity (Wildman–Crippen MR) is 242 cm³/mol. The van der Waals surface area contributed by atoms with Crippen molar-refractivity contribution in [2.24, 2.45) is 0 Å². The summed E-state index contributed by atoms with van der Waals surface area (Å²) in [6.45, 7) is 7.88. The predicted octanol–water partition coefficient (Wildman–Crippen LogP) is 5.82. The number of piperazine rings is 1. The van der Waals surface area contributed by atoms with Crippen LogP contribution in [0.4, 0.5) is 26.0 Å². The van der Waals surface area contributed by atoms with E-state index in [4.69, 9.17) is 4.74 Å². The first kappa shape index (κ1) is 42.7. The molecule has 4 N–H and O–H groups in total. The number of halogens is 2. The van der Waals surface area contributed by atoms with Crippen molar-refractivity contribution in [1.82, 2.24) is 30.2 Å². The number of carbonyl (C=O) groups is 4. The first-order valence-corrected chi connectivity index (χ1v) is 22.8. The van der Waals surface area contributed by atoms with Crippen LogP contribution < -0.4 is 20.9 Å². The molecule has 0 spiro atoms. The van der Waals surface area contributed by atoms with Gasteiger partial charge in [0.15, 0.2) is 5.82 Å². The van der Waals surface area contributed by atoms with Crippen molar-refractivity contribution in [1.29, 1.82) is 0 Å². The Hall–Kier alpha value is -6.23. The molecule has 6 heterocycles. The molecule has 5 aliphatic heterocycles. The number of anilines is 3. The molecule has 4 amide bonds. The molecule has 65 heavy (non-hydrogen) atoms. The number of amides is 4. The zero-order chi connectivity index (χ0) is 44.6. The Morgan fingerprint density at radius 1 is 0.831 bits per heavy atom. The topological polar surface area (TPSA) is 155 Å². The van der Waals surface area contributed by atoms with Gasteiger partial charge in [0, 0.05) is 106 Å². The van der Waals surface area contributed by atoms with Gasteiger partial charge in [0.1, 0.15) is 17.7 Å². The van der Waals surface area contributed by atoms with Crippen LogP contribution in [0.2, 0.25) is 0 Å². The van der Waals surface area contributed by atoms with E-state index in [1.54, 1.807) is 4.90 Å². The number of H-pyrrole nitrogens is 1. The van der Waals surface area contributed by atoms with Crippen molar-refractivity contribution in [2.75, 3.05) is 68.0 Å². The van der Waals surface area contributed by atoms with Crippen LogP contribution >= 0.6 is 0 Å². The van der Waals surface area contributed by atoms with Gasteiger partial charge in [-0.1, -0.05) is 18.2 Å². The number of ether oxygens (including phenoxy) is 1. The smallest absolute Gasteiger partial charge is 0.258 e. The lowest BCUT2D eigenvalue weighted by Crippen LogP contribution is -2.55. The van der Waals surface area contributed by atoms with E-state index in [1.807, 2.05) is 42.5 Å². The monoisotopic (exact) mass is 885 g/mol. The average molecular weight is 886 g/mol. The van der Waals surface area contributed by atoms with Gasteiger partial charge in [-0.3, -0.25) is 39.4 Å². The van der Waals surface area contributed by atoms with Gasteiger partial charge in [-0.2, -0.15) is 5.10 Å². The zero-order valence-corrected chi connectivity index (χ0v) is 36.2. The molecule has 4 saturated heterocycles. The summed E-state index contributed by atoms with van der Waals surface area (Å²) in [5, 5.41) is 17.2. The number of rotatable bonds is 11. The lowest BCUT2D eigenvalue weighted by molar-refractivity contribution is -0.136. The molecular weight excluding hydrogens is 833 g/mol. The van der Waals surface area contributed by atoms with Gasteiger partial charge < -0.3 is 25.2 Å². The van der Waals surface area contributed by atoms with Crippen LogP contribution in [0, 0.1) is 11.6 Å². The fourth-order valence-electron chi connectivity index (χ4n) is 10.3. The summed E-state index contributed by atoms with van der Waals surface area (Å²) in [4.78, 5) is 60.9. The van der Waals surface area contributed by atoms with E-state index in [9.17, 15) is 28.0 Å². The number of carbonyl (C=O) groups excluding carboxylic acids is 4. The SMILES string of the molecule is O=C1CCC(N2Cc3ccc(CN4CCCC(N5CCN(c6ccc(C(=O)Nc7n[nH]c8ccc(Cc9cc(F)cc(F)c9)cc78)c(NC7CCOCC7)c6)CC5)C4)cc3C2=O)C(=O)N1. The van der Waals surface area contributed by atoms with E-state index in [-0.39, 0.29) is 30.2 Å². The van der Waals surface area contributed by atoms with Gasteiger partial charge in [0.2, 0.25) is 11.8 Å². The van der Waals surface area contributed by atoms with Crippen molar-refractivity contribution in [2.45, 2.75) is 76.2 Å². The van der Waals surface area contributed by atoms with Crippen LogP contribution in [0.15, 0.2) is 72.8 Å². The number of benzene rings is 4. The minimum absolute atomic E-state index is 0.145. The molecular formula is C49H53F2N9O5. The summed E-state index contributed by atoms with van der Waals surface area (Å²) < 4.78 is 33.5. The van der Waals surface area contributed by atoms with Gasteiger partial charge in [0.25, 0.3) is 11.8 Å². The first-order valence-electron chi connectivity index (χ1n) is 22.8. The highest BCUT2D eigenvalue weighted by Gasteiger charge is 2.39. The summed E-state index contributed by atoms with van der Waals surface area (Å²) in [7, 11) is 0. The Morgan fingerprint density at radius 2 is 1.63 bits per heavy atom. The van der Waals surface area contributed by atoms with E-state index in [2.05, 4.69) is 53.0 Å². The van der Waals surface area contributed by atoms with Gasteiger partial charge in [-0.25, -0.2) is 8.78 Å². The molecule has 338 valence electrons. The number of imide groups is 1. The Morgan fingerprint density at radius 3 is 2.43 bits per heavy atom. The minimum atomic E-state index is -0.628. The van der Waals surface area contributed by atoms with E-state index in [0.29, 0.717) is 66.5 Å². The van der Waals surface area contributed by atoms with Crippen molar-refractivity contribution in [3.05, 3.63) is 118 Å². The van der Waals surface area contributed by atoms with E-state index in [0.717, 1.165) is 111 Å². The lowest BCUT2D eigenvalue weighted by Gasteiger charge is -2.44. The second-order valence-corrected chi connectivity index (χ2v) is 18.1. The average Bonchev–Trinajstić information content (AvgIpc) is 3.85. The molecule has 16 heteroatoms. The summed E-state index contributed by atoms with van der Waals surface area (Å²) in [5.74, 6) is -2.02. The Labute approximate surface area is 375 Å². The molecule has 5 aliphatic rings. The molecule has 10 rings (SSSR count). The molecule has 5 aromatic rings. The van der Waals surface area contributed by atoms with Crippen LogP contribution in [0.25, 0.3) is 10.9 Å². The fourth-order valence-corrected chi connectivity index (χ4v) is 10.3. The molecule has 0 saturated carbocycles. The molecule has 4 fully saturated rings. The third-order valence-electron chi connectivity index (χ3n) is 13.7. The van der Waals surface area contributed by atoms with Crippen molar-refractivity contribution < 1.29 is 32.7 Å². The number of fused-ring (bicyclic) bond motifs is 2. The van der Waals surface area contributed by atoms with Crippen molar-refractivity contribution in [3.63, 3.8) is 0 Å². The maximum absolute atomic E-state index is 14.1. The van der Waals surface area contributed by atoms with Crippen LogP contribution in [-0.4, -0.2) is 119 Å². The number of likely N-dealkylation sites (tertiary alicyclic amines) is 1. The lowest BCUT2D eigenvalue weighted by atomic mass is 10.0. The second kappa shape index (κ2) is 18.3. The quantitative estimate of drug-likeness (QED) is 0.119. The first-order chi connectivity index (χ1) is 31.6. The Kier molecular flexibility index (Phi) is 12.0.